The minimum atomic E-state index is -0.683. The van der Waals surface area contributed by atoms with Gasteiger partial charge in [-0.2, -0.15) is 0 Å². The second kappa shape index (κ2) is 16.7. The van der Waals surface area contributed by atoms with Gasteiger partial charge in [0.2, 0.25) is 17.6 Å². The van der Waals surface area contributed by atoms with E-state index in [1.54, 1.807) is 0 Å². The van der Waals surface area contributed by atoms with Gasteiger partial charge in [-0.05, 0) is 113 Å². The largest absolute Gasteiger partial charge is 0.346 e. The summed E-state index contributed by atoms with van der Waals surface area (Å²) in [6, 6.07) is -0.964. The van der Waals surface area contributed by atoms with Gasteiger partial charge in [0.05, 0.1) is 12.1 Å². The molecule has 0 radical (unpaired) electrons. The van der Waals surface area contributed by atoms with Crippen LogP contribution in [0.15, 0.2) is 0 Å². The fourth-order valence-electron chi connectivity index (χ4n) is 12.4. The van der Waals surface area contributed by atoms with Crippen LogP contribution in [0.1, 0.15) is 170 Å². The molecular formula is C47H75N3O6. The number of nitrogens with zero attached hydrogens (tertiary/aromatic N) is 2. The number of carbonyl (C=O) groups is 6. The van der Waals surface area contributed by atoms with E-state index in [2.05, 4.69) is 38.2 Å². The van der Waals surface area contributed by atoms with Crippen LogP contribution in [-0.2, 0) is 28.8 Å². The number of hydrogen-bond donors (Lipinski definition) is 1. The molecule has 6 rings (SSSR count). The molecule has 9 nitrogen and oxygen atoms in total. The molecule has 5 aliphatic carbocycles. The molecule has 2 spiro atoms. The van der Waals surface area contributed by atoms with Crippen molar-refractivity contribution < 1.29 is 28.8 Å². The first-order valence-electron chi connectivity index (χ1n) is 22.8. The Morgan fingerprint density at radius 2 is 1.52 bits per heavy atom. The van der Waals surface area contributed by atoms with E-state index in [0.29, 0.717) is 37.8 Å². The predicted octanol–water partition coefficient (Wildman–Crippen LogP) is 7.90. The normalized spacial score (nSPS) is 30.1. The maximum absolute atomic E-state index is 15.2. The highest BCUT2D eigenvalue weighted by molar-refractivity contribution is 6.38. The van der Waals surface area contributed by atoms with E-state index in [1.165, 1.54) is 0 Å². The standard InChI is InChI=1S/C47H75N3O6/c1-9-15-32(41(54)39(53)24-30-20-21-30)26-37(51)36-28-47(45(5,6)46(47)22-14-23-46)29-50(36)43(56)35(44(2,3)4)27-38(52)40(31-16-11-10-12-17-31)48-42(55)33-18-13-19-34(25-33)49(7)8/h30-36,40H,9-29H2,1-8H3,(H,48,55)/t32-,33-,34?,35-,36+,40+,47-/m1/s1. The molecule has 56 heavy (non-hydrogen) atoms. The van der Waals surface area contributed by atoms with E-state index in [1.807, 2.05) is 32.6 Å². The van der Waals surface area contributed by atoms with Gasteiger partial charge in [0.25, 0.3) is 0 Å². The summed E-state index contributed by atoms with van der Waals surface area (Å²) < 4.78 is 0. The fourth-order valence-corrected chi connectivity index (χ4v) is 12.4. The van der Waals surface area contributed by atoms with Crippen LogP contribution in [0.25, 0.3) is 0 Å². The number of amides is 2. The van der Waals surface area contributed by atoms with Crippen LogP contribution in [0.5, 0.6) is 0 Å². The van der Waals surface area contributed by atoms with E-state index in [4.69, 9.17) is 0 Å². The van der Waals surface area contributed by atoms with Gasteiger partial charge in [-0.1, -0.05) is 80.1 Å². The summed E-state index contributed by atoms with van der Waals surface area (Å²) in [4.78, 5) is 89.1. The lowest BCUT2D eigenvalue weighted by molar-refractivity contribution is -0.147. The molecule has 7 atom stereocenters. The highest BCUT2D eigenvalue weighted by atomic mass is 16.2. The van der Waals surface area contributed by atoms with Gasteiger partial charge >= 0.3 is 0 Å². The lowest BCUT2D eigenvalue weighted by atomic mass is 9.73. The van der Waals surface area contributed by atoms with Gasteiger partial charge in [0, 0.05) is 55.0 Å². The highest BCUT2D eigenvalue weighted by Crippen LogP contribution is 2.88. The molecule has 314 valence electrons. The molecule has 9 heteroatoms. The zero-order valence-corrected chi connectivity index (χ0v) is 36.3. The minimum absolute atomic E-state index is 0.0142. The number of Topliss-reactive ketones (excluding diaryl/α,β-unsaturated/α-hetero) is 4. The average Bonchev–Trinajstić information content (AvgIpc) is 3.96. The topological polar surface area (TPSA) is 121 Å². The van der Waals surface area contributed by atoms with Gasteiger partial charge in [0.15, 0.2) is 17.3 Å². The van der Waals surface area contributed by atoms with Crippen molar-refractivity contribution in [1.82, 2.24) is 15.1 Å². The first-order valence-corrected chi connectivity index (χ1v) is 22.8. The molecule has 1 heterocycles. The molecule has 1 aliphatic heterocycles. The second-order valence-electron chi connectivity index (χ2n) is 21.4. The Morgan fingerprint density at radius 1 is 0.839 bits per heavy atom. The lowest BCUT2D eigenvalue weighted by Crippen LogP contribution is -2.52. The van der Waals surface area contributed by atoms with Crippen LogP contribution >= 0.6 is 0 Å². The smallest absolute Gasteiger partial charge is 0.227 e. The molecule has 0 aromatic heterocycles. The highest BCUT2D eigenvalue weighted by Gasteiger charge is 2.85. The van der Waals surface area contributed by atoms with E-state index in [9.17, 15) is 24.0 Å². The first-order chi connectivity index (χ1) is 26.4. The lowest BCUT2D eigenvalue weighted by Gasteiger charge is -2.38. The number of hydrogen-bond acceptors (Lipinski definition) is 7. The van der Waals surface area contributed by atoms with Crippen LogP contribution < -0.4 is 5.32 Å². The molecular weight excluding hydrogens is 703 g/mol. The van der Waals surface area contributed by atoms with Crippen molar-refractivity contribution in [2.75, 3.05) is 20.6 Å². The van der Waals surface area contributed by atoms with Crippen molar-refractivity contribution >= 4 is 34.9 Å². The Kier molecular flexibility index (Phi) is 12.9. The third kappa shape index (κ3) is 8.24. The van der Waals surface area contributed by atoms with Gasteiger partial charge in [-0.3, -0.25) is 28.8 Å². The van der Waals surface area contributed by atoms with Crippen LogP contribution in [0.4, 0.5) is 0 Å². The summed E-state index contributed by atoms with van der Waals surface area (Å²) in [5, 5.41) is 3.29. The zero-order valence-electron chi connectivity index (χ0n) is 36.3. The average molecular weight is 778 g/mol. The molecule has 6 fully saturated rings. The summed E-state index contributed by atoms with van der Waals surface area (Å²) in [7, 11) is 4.14. The maximum Gasteiger partial charge on any atom is 0.227 e. The summed E-state index contributed by atoms with van der Waals surface area (Å²) >= 11 is 0. The summed E-state index contributed by atoms with van der Waals surface area (Å²) in [6.45, 7) is 13.1. The van der Waals surface area contributed by atoms with Crippen LogP contribution in [0, 0.1) is 51.2 Å². The number of carbonyl (C=O) groups excluding carboxylic acids is 6. The molecule has 0 aromatic carbocycles. The molecule has 1 unspecified atom stereocenters. The van der Waals surface area contributed by atoms with Gasteiger partial charge in [-0.15, -0.1) is 0 Å². The number of fused-ring (bicyclic) bond motifs is 1. The van der Waals surface area contributed by atoms with Crippen molar-refractivity contribution in [3.8, 4) is 0 Å². The van der Waals surface area contributed by atoms with Crippen molar-refractivity contribution in [1.29, 1.82) is 0 Å². The van der Waals surface area contributed by atoms with Crippen LogP contribution in [-0.4, -0.2) is 83.5 Å². The summed E-state index contributed by atoms with van der Waals surface area (Å²) in [6.07, 6.45) is 16.0. The van der Waals surface area contributed by atoms with Gasteiger partial charge < -0.3 is 15.1 Å². The second-order valence-corrected chi connectivity index (χ2v) is 21.4. The van der Waals surface area contributed by atoms with E-state index >= 15 is 4.79 Å². The van der Waals surface area contributed by atoms with E-state index in [0.717, 1.165) is 89.9 Å². The third-order valence-electron chi connectivity index (χ3n) is 16.6. The molecule has 1 saturated heterocycles. The predicted molar refractivity (Wildman–Crippen MR) is 219 cm³/mol. The Hall–Kier alpha value is -2.42. The Labute approximate surface area is 338 Å². The van der Waals surface area contributed by atoms with Crippen molar-refractivity contribution in [3.05, 3.63) is 0 Å². The van der Waals surface area contributed by atoms with Crippen molar-refractivity contribution in [2.45, 2.75) is 188 Å². The van der Waals surface area contributed by atoms with Gasteiger partial charge in [0.1, 0.15) is 0 Å². The SMILES string of the molecule is CCC[C@H](CC(=O)[C@@H]1C[C@@]2(CN1C(=O)[C@@H](CC(=O)[C@@H](NC(=O)[C@@H]1CCCC(N(C)C)C1)C1CCCCC1)C(C)(C)C)C(C)(C)C21CCC1)C(=O)C(=O)CC1CC1. The summed E-state index contributed by atoms with van der Waals surface area (Å²) in [5.41, 5.74) is -0.697. The quantitative estimate of drug-likeness (QED) is 0.149. The minimum Gasteiger partial charge on any atom is -0.346 e. The van der Waals surface area contributed by atoms with E-state index in [-0.39, 0.29) is 76.5 Å². The zero-order chi connectivity index (χ0) is 40.8. The molecule has 5 saturated carbocycles. The van der Waals surface area contributed by atoms with Crippen LogP contribution in [0.2, 0.25) is 0 Å². The molecule has 0 aromatic rings. The Balaban J connectivity index is 1.24. The Bertz CT molecular complexity index is 1510. The number of nitrogens with one attached hydrogen (secondary N) is 1. The number of ketones is 4. The van der Waals surface area contributed by atoms with Crippen LogP contribution in [0.3, 0.4) is 0 Å². The molecule has 6 aliphatic rings. The summed E-state index contributed by atoms with van der Waals surface area (Å²) in [5.74, 6) is -2.25. The molecule has 1 N–H and O–H groups in total. The molecule has 2 amide bonds. The van der Waals surface area contributed by atoms with E-state index < -0.39 is 35.1 Å². The molecule has 0 bridgehead atoms. The number of rotatable bonds is 17. The maximum atomic E-state index is 15.2. The number of likely N-dealkylation sites (tertiary alicyclic amines) is 1. The fraction of sp³-hybridized carbons (Fsp3) is 0.872. The van der Waals surface area contributed by atoms with Crippen molar-refractivity contribution in [3.63, 3.8) is 0 Å². The van der Waals surface area contributed by atoms with Crippen molar-refractivity contribution in [2.24, 2.45) is 51.2 Å². The Morgan fingerprint density at radius 3 is 2.07 bits per heavy atom. The van der Waals surface area contributed by atoms with Gasteiger partial charge in [-0.25, -0.2) is 0 Å². The monoisotopic (exact) mass is 778 g/mol. The third-order valence-corrected chi connectivity index (χ3v) is 16.6. The first kappa shape index (κ1) is 43.2.